The van der Waals surface area contributed by atoms with Crippen LogP contribution in [-0.2, 0) is 0 Å². The van der Waals surface area contributed by atoms with Crippen molar-refractivity contribution in [2.24, 2.45) is 5.92 Å². The van der Waals surface area contributed by atoms with Gasteiger partial charge >= 0.3 is 0 Å². The van der Waals surface area contributed by atoms with E-state index in [1.54, 1.807) is 14.2 Å². The lowest BCUT2D eigenvalue weighted by Gasteiger charge is -2.28. The Labute approximate surface area is 122 Å². The van der Waals surface area contributed by atoms with Crippen LogP contribution in [0, 0.1) is 5.92 Å². The minimum Gasteiger partial charge on any atom is -0.497 e. The first kappa shape index (κ1) is 15.1. The number of ether oxygens (including phenoxy) is 2. The second-order valence-electron chi connectivity index (χ2n) is 5.33. The van der Waals surface area contributed by atoms with E-state index in [0.717, 1.165) is 31.1 Å². The number of benzene rings is 1. The number of likely N-dealkylation sites (tertiary alicyclic amines) is 1. The van der Waals surface area contributed by atoms with Gasteiger partial charge in [-0.05, 0) is 56.7 Å². The summed E-state index contributed by atoms with van der Waals surface area (Å²) in [6.45, 7) is 5.50. The van der Waals surface area contributed by atoms with E-state index in [1.807, 2.05) is 13.1 Å². The van der Waals surface area contributed by atoms with Crippen molar-refractivity contribution in [2.75, 3.05) is 40.9 Å². The summed E-state index contributed by atoms with van der Waals surface area (Å²) in [6.07, 6.45) is 1.23. The number of rotatable bonds is 6. The number of methoxy groups -OCH3 is 2. The molecule has 0 spiro atoms. The second-order valence-corrected chi connectivity index (χ2v) is 5.33. The van der Waals surface area contributed by atoms with Crippen molar-refractivity contribution in [3.63, 3.8) is 0 Å². The standard InChI is InChI=1S/C16H26N2O2/c1-5-18-7-6-12(11-17-2)16(18)13-8-14(19-3)10-15(9-13)20-4/h8-10,12,16-17H,5-7,11H2,1-4H3. The van der Waals surface area contributed by atoms with Crippen molar-refractivity contribution in [1.29, 1.82) is 0 Å². The number of hydrogen-bond acceptors (Lipinski definition) is 4. The molecule has 2 unspecified atom stereocenters. The smallest absolute Gasteiger partial charge is 0.122 e. The molecule has 1 saturated heterocycles. The molecule has 0 saturated carbocycles. The van der Waals surface area contributed by atoms with E-state index < -0.39 is 0 Å². The molecule has 1 aliphatic heterocycles. The predicted molar refractivity (Wildman–Crippen MR) is 81.6 cm³/mol. The molecule has 0 radical (unpaired) electrons. The molecular formula is C16H26N2O2. The molecule has 20 heavy (non-hydrogen) atoms. The Kier molecular flexibility index (Phi) is 5.26. The number of nitrogens with zero attached hydrogens (tertiary/aromatic N) is 1. The summed E-state index contributed by atoms with van der Waals surface area (Å²) < 4.78 is 10.8. The average molecular weight is 278 g/mol. The number of nitrogens with one attached hydrogen (secondary N) is 1. The van der Waals surface area contributed by atoms with Gasteiger partial charge < -0.3 is 14.8 Å². The molecule has 0 aliphatic carbocycles. The van der Waals surface area contributed by atoms with Gasteiger partial charge in [0, 0.05) is 12.1 Å². The van der Waals surface area contributed by atoms with Crippen molar-refractivity contribution >= 4 is 0 Å². The molecule has 0 aromatic heterocycles. The molecule has 0 bridgehead atoms. The van der Waals surface area contributed by atoms with Gasteiger partial charge in [0.25, 0.3) is 0 Å². The van der Waals surface area contributed by atoms with Crippen molar-refractivity contribution in [3.05, 3.63) is 23.8 Å². The molecule has 112 valence electrons. The number of hydrogen-bond donors (Lipinski definition) is 1. The maximum Gasteiger partial charge on any atom is 0.122 e. The summed E-state index contributed by atoms with van der Waals surface area (Å²) in [5, 5.41) is 3.32. The van der Waals surface area contributed by atoms with Crippen LogP contribution < -0.4 is 14.8 Å². The van der Waals surface area contributed by atoms with Crippen LogP contribution in [0.5, 0.6) is 11.5 Å². The third-order valence-corrected chi connectivity index (χ3v) is 4.21. The molecule has 4 heteroatoms. The third kappa shape index (κ3) is 3.07. The van der Waals surface area contributed by atoms with Crippen LogP contribution in [0.1, 0.15) is 24.9 Å². The lowest BCUT2D eigenvalue weighted by Crippen LogP contribution is -2.29. The first-order chi connectivity index (χ1) is 9.73. The summed E-state index contributed by atoms with van der Waals surface area (Å²) in [4.78, 5) is 2.54. The van der Waals surface area contributed by atoms with Crippen LogP contribution >= 0.6 is 0 Å². The van der Waals surface area contributed by atoms with Gasteiger partial charge in [-0.2, -0.15) is 0 Å². The van der Waals surface area contributed by atoms with Gasteiger partial charge in [0.1, 0.15) is 11.5 Å². The summed E-state index contributed by atoms with van der Waals surface area (Å²) in [6, 6.07) is 6.66. The fraction of sp³-hybridized carbons (Fsp3) is 0.625. The Bertz CT molecular complexity index is 414. The second kappa shape index (κ2) is 6.95. The zero-order valence-electron chi connectivity index (χ0n) is 13.0. The Morgan fingerprint density at radius 2 is 1.85 bits per heavy atom. The highest BCUT2D eigenvalue weighted by molar-refractivity contribution is 5.40. The summed E-state index contributed by atoms with van der Waals surface area (Å²) >= 11 is 0. The normalized spacial score (nSPS) is 23.0. The fourth-order valence-electron chi connectivity index (χ4n) is 3.24. The van der Waals surface area contributed by atoms with E-state index in [-0.39, 0.29) is 0 Å². The van der Waals surface area contributed by atoms with Crippen LogP contribution in [0.4, 0.5) is 0 Å². The van der Waals surface area contributed by atoms with Crippen LogP contribution in [0.15, 0.2) is 18.2 Å². The summed E-state index contributed by atoms with van der Waals surface area (Å²) in [5.41, 5.74) is 1.29. The first-order valence-electron chi connectivity index (χ1n) is 7.35. The lowest BCUT2D eigenvalue weighted by molar-refractivity contribution is 0.237. The average Bonchev–Trinajstić information content (AvgIpc) is 2.89. The molecule has 1 aromatic rings. The van der Waals surface area contributed by atoms with E-state index in [0.29, 0.717) is 12.0 Å². The van der Waals surface area contributed by atoms with Crippen molar-refractivity contribution < 1.29 is 9.47 Å². The highest BCUT2D eigenvalue weighted by atomic mass is 16.5. The van der Waals surface area contributed by atoms with Gasteiger partial charge in [-0.3, -0.25) is 4.90 Å². The quantitative estimate of drug-likeness (QED) is 0.866. The van der Waals surface area contributed by atoms with Crippen LogP contribution in [0.2, 0.25) is 0 Å². The van der Waals surface area contributed by atoms with Crippen molar-refractivity contribution in [1.82, 2.24) is 10.2 Å². The molecule has 1 aliphatic rings. The van der Waals surface area contributed by atoms with Gasteiger partial charge in [-0.25, -0.2) is 0 Å². The van der Waals surface area contributed by atoms with E-state index in [9.17, 15) is 0 Å². The molecular weight excluding hydrogens is 252 g/mol. The Hall–Kier alpha value is -1.26. The maximum absolute atomic E-state index is 5.41. The predicted octanol–water partition coefficient (Wildman–Crippen LogP) is 2.31. The van der Waals surface area contributed by atoms with Crippen LogP contribution in [-0.4, -0.2) is 45.8 Å². The maximum atomic E-state index is 5.41. The van der Waals surface area contributed by atoms with E-state index in [1.165, 1.54) is 12.0 Å². The van der Waals surface area contributed by atoms with Crippen LogP contribution in [0.3, 0.4) is 0 Å². The van der Waals surface area contributed by atoms with Crippen LogP contribution in [0.25, 0.3) is 0 Å². The third-order valence-electron chi connectivity index (χ3n) is 4.21. The van der Waals surface area contributed by atoms with Gasteiger partial charge in [0.05, 0.1) is 14.2 Å². The molecule has 1 fully saturated rings. The highest BCUT2D eigenvalue weighted by Crippen LogP contribution is 2.39. The SMILES string of the molecule is CCN1CCC(CNC)C1c1cc(OC)cc(OC)c1. The zero-order valence-corrected chi connectivity index (χ0v) is 13.0. The molecule has 2 rings (SSSR count). The minimum atomic E-state index is 0.441. The van der Waals surface area contributed by atoms with E-state index in [4.69, 9.17) is 9.47 Å². The molecule has 1 heterocycles. The highest BCUT2D eigenvalue weighted by Gasteiger charge is 2.34. The Morgan fingerprint density at radius 3 is 2.35 bits per heavy atom. The topological polar surface area (TPSA) is 33.7 Å². The lowest BCUT2D eigenvalue weighted by atomic mass is 9.93. The van der Waals surface area contributed by atoms with Gasteiger partial charge in [0.2, 0.25) is 0 Å². The summed E-state index contributed by atoms with van der Waals surface area (Å²) in [5.74, 6) is 2.37. The van der Waals surface area contributed by atoms with Gasteiger partial charge in [0.15, 0.2) is 0 Å². The largest absolute Gasteiger partial charge is 0.497 e. The zero-order chi connectivity index (χ0) is 14.5. The van der Waals surface area contributed by atoms with Crippen molar-refractivity contribution in [3.8, 4) is 11.5 Å². The van der Waals surface area contributed by atoms with Gasteiger partial charge in [-0.15, -0.1) is 0 Å². The molecule has 1 N–H and O–H groups in total. The minimum absolute atomic E-state index is 0.441. The van der Waals surface area contributed by atoms with E-state index in [2.05, 4.69) is 29.3 Å². The Balaban J connectivity index is 2.34. The summed E-state index contributed by atoms with van der Waals surface area (Å²) in [7, 11) is 5.43. The fourth-order valence-corrected chi connectivity index (χ4v) is 3.24. The molecule has 1 aromatic carbocycles. The Morgan fingerprint density at radius 1 is 1.20 bits per heavy atom. The monoisotopic (exact) mass is 278 g/mol. The molecule has 4 nitrogen and oxygen atoms in total. The van der Waals surface area contributed by atoms with E-state index >= 15 is 0 Å². The first-order valence-corrected chi connectivity index (χ1v) is 7.35. The van der Waals surface area contributed by atoms with Crippen molar-refractivity contribution in [2.45, 2.75) is 19.4 Å². The van der Waals surface area contributed by atoms with Gasteiger partial charge in [-0.1, -0.05) is 6.92 Å². The molecule has 2 atom stereocenters. The molecule has 0 amide bonds.